The smallest absolute Gasteiger partial charge is 0.123 e. The Labute approximate surface area is 115 Å². The molecule has 0 aliphatic carbocycles. The van der Waals surface area contributed by atoms with Crippen LogP contribution in [0.5, 0.6) is 0 Å². The Hall–Kier alpha value is -1.77. The molecule has 2 aromatic rings. The highest BCUT2D eigenvalue weighted by Crippen LogP contribution is 2.15. The molecule has 3 nitrogen and oxygen atoms in total. The van der Waals surface area contributed by atoms with Gasteiger partial charge >= 0.3 is 0 Å². The molecule has 0 aliphatic heterocycles. The maximum atomic E-state index is 13.2. The van der Waals surface area contributed by atoms with E-state index in [1.54, 1.807) is 11.3 Å². The minimum absolute atomic E-state index is 0.313. The van der Waals surface area contributed by atoms with Crippen LogP contribution in [0.25, 0.3) is 0 Å². The molecule has 0 unspecified atom stereocenters. The number of aryl methyl sites for hydroxylation is 1. The summed E-state index contributed by atoms with van der Waals surface area (Å²) in [6, 6.07) is 6.34. The van der Waals surface area contributed by atoms with E-state index < -0.39 is 0 Å². The second-order valence-corrected chi connectivity index (χ2v) is 5.51. The van der Waals surface area contributed by atoms with Gasteiger partial charge < -0.3 is 0 Å². The van der Waals surface area contributed by atoms with Crippen molar-refractivity contribution in [1.82, 2.24) is 9.88 Å². The maximum Gasteiger partial charge on any atom is 0.123 e. The third-order valence-electron chi connectivity index (χ3n) is 2.73. The van der Waals surface area contributed by atoms with Gasteiger partial charge in [0, 0.05) is 18.5 Å². The summed E-state index contributed by atoms with van der Waals surface area (Å²) in [6.45, 7) is 3.18. The quantitative estimate of drug-likeness (QED) is 0.860. The Kier molecular flexibility index (Phi) is 4.25. The van der Waals surface area contributed by atoms with Crippen molar-refractivity contribution in [3.8, 4) is 6.07 Å². The molecule has 0 N–H and O–H groups in total. The van der Waals surface area contributed by atoms with Crippen LogP contribution >= 0.6 is 11.3 Å². The van der Waals surface area contributed by atoms with Crippen LogP contribution in [0.3, 0.4) is 0 Å². The summed E-state index contributed by atoms with van der Waals surface area (Å²) in [4.78, 5) is 6.41. The standard InChI is InChI=1S/C14H14FN3S/c1-10-17-14(9-19-10)8-18(2)7-12-5-13(15)4-3-11(12)6-16/h3-5,9H,7-8H2,1-2H3. The van der Waals surface area contributed by atoms with E-state index in [1.807, 2.05) is 24.3 Å². The highest BCUT2D eigenvalue weighted by molar-refractivity contribution is 7.09. The molecule has 0 amide bonds. The largest absolute Gasteiger partial charge is 0.296 e. The van der Waals surface area contributed by atoms with E-state index in [0.717, 1.165) is 10.7 Å². The number of rotatable bonds is 4. The molecule has 0 saturated carbocycles. The van der Waals surface area contributed by atoms with Crippen LogP contribution in [-0.4, -0.2) is 16.9 Å². The molecule has 1 heterocycles. The van der Waals surface area contributed by atoms with Crippen molar-refractivity contribution in [3.63, 3.8) is 0 Å². The topological polar surface area (TPSA) is 39.9 Å². The number of hydrogen-bond donors (Lipinski definition) is 0. The normalized spacial score (nSPS) is 10.7. The zero-order valence-electron chi connectivity index (χ0n) is 10.9. The lowest BCUT2D eigenvalue weighted by Gasteiger charge is -2.16. The van der Waals surface area contributed by atoms with Gasteiger partial charge in [0.2, 0.25) is 0 Å². The van der Waals surface area contributed by atoms with Gasteiger partial charge in [-0.3, -0.25) is 4.90 Å². The predicted molar refractivity (Wildman–Crippen MR) is 73.1 cm³/mol. The van der Waals surface area contributed by atoms with Gasteiger partial charge in [-0.05, 0) is 37.7 Å². The number of benzene rings is 1. The van der Waals surface area contributed by atoms with Gasteiger partial charge in [0.25, 0.3) is 0 Å². The molecule has 0 spiro atoms. The van der Waals surface area contributed by atoms with Crippen molar-refractivity contribution >= 4 is 11.3 Å². The molecule has 0 bridgehead atoms. The lowest BCUT2D eigenvalue weighted by atomic mass is 10.1. The van der Waals surface area contributed by atoms with Crippen molar-refractivity contribution in [2.45, 2.75) is 20.0 Å². The summed E-state index contributed by atoms with van der Waals surface area (Å²) in [5.41, 5.74) is 2.22. The number of hydrogen-bond acceptors (Lipinski definition) is 4. The van der Waals surface area contributed by atoms with Crippen molar-refractivity contribution < 1.29 is 4.39 Å². The van der Waals surface area contributed by atoms with Crippen LogP contribution in [0.1, 0.15) is 21.8 Å². The fourth-order valence-electron chi connectivity index (χ4n) is 1.91. The van der Waals surface area contributed by atoms with Gasteiger partial charge in [-0.2, -0.15) is 5.26 Å². The number of aromatic nitrogens is 1. The summed E-state index contributed by atoms with van der Waals surface area (Å²) >= 11 is 1.61. The van der Waals surface area contributed by atoms with Crippen LogP contribution in [0.15, 0.2) is 23.6 Å². The van der Waals surface area contributed by atoms with Crippen LogP contribution in [0.2, 0.25) is 0 Å². The molecule has 98 valence electrons. The van der Waals surface area contributed by atoms with E-state index in [9.17, 15) is 4.39 Å². The summed E-state index contributed by atoms with van der Waals surface area (Å²) < 4.78 is 13.2. The zero-order valence-corrected chi connectivity index (χ0v) is 11.7. The summed E-state index contributed by atoms with van der Waals surface area (Å²) in [5.74, 6) is -0.313. The van der Waals surface area contributed by atoms with E-state index >= 15 is 0 Å². The number of nitrogens with zero attached hydrogens (tertiary/aromatic N) is 3. The summed E-state index contributed by atoms with van der Waals surface area (Å²) in [6.07, 6.45) is 0. The molecule has 0 fully saturated rings. The average molecular weight is 275 g/mol. The molecule has 19 heavy (non-hydrogen) atoms. The minimum atomic E-state index is -0.313. The van der Waals surface area contributed by atoms with Crippen LogP contribution < -0.4 is 0 Å². The number of halogens is 1. The third-order valence-corrected chi connectivity index (χ3v) is 3.55. The van der Waals surface area contributed by atoms with Gasteiger partial charge in [0.15, 0.2) is 0 Å². The fraction of sp³-hybridized carbons (Fsp3) is 0.286. The molecule has 1 aromatic heterocycles. The predicted octanol–water partition coefficient (Wildman–Crippen LogP) is 3.09. The first-order valence-electron chi connectivity index (χ1n) is 5.86. The summed E-state index contributed by atoms with van der Waals surface area (Å²) in [7, 11) is 1.93. The Balaban J connectivity index is 2.08. The minimum Gasteiger partial charge on any atom is -0.296 e. The molecule has 5 heteroatoms. The van der Waals surface area contributed by atoms with E-state index in [-0.39, 0.29) is 5.82 Å². The van der Waals surface area contributed by atoms with E-state index in [0.29, 0.717) is 24.2 Å². The monoisotopic (exact) mass is 275 g/mol. The van der Waals surface area contributed by atoms with Gasteiger partial charge in [-0.15, -0.1) is 11.3 Å². The Morgan fingerprint density at radius 1 is 1.42 bits per heavy atom. The Morgan fingerprint density at radius 2 is 2.21 bits per heavy atom. The summed E-state index contributed by atoms with van der Waals surface area (Å²) in [5, 5.41) is 12.1. The fourth-order valence-corrected chi connectivity index (χ4v) is 2.51. The van der Waals surface area contributed by atoms with Crippen LogP contribution in [0.4, 0.5) is 4.39 Å². The lowest BCUT2D eigenvalue weighted by molar-refractivity contribution is 0.315. The first kappa shape index (κ1) is 13.7. The Bertz CT molecular complexity index is 615. The van der Waals surface area contributed by atoms with Crippen LogP contribution in [-0.2, 0) is 13.1 Å². The number of thiazole rings is 1. The third kappa shape index (κ3) is 3.60. The first-order chi connectivity index (χ1) is 9.08. The molecule has 0 saturated heterocycles. The Morgan fingerprint density at radius 3 is 2.84 bits per heavy atom. The van der Waals surface area contributed by atoms with Crippen molar-refractivity contribution in [1.29, 1.82) is 5.26 Å². The maximum absolute atomic E-state index is 13.2. The van der Waals surface area contributed by atoms with Crippen molar-refractivity contribution in [3.05, 3.63) is 51.2 Å². The van der Waals surface area contributed by atoms with Crippen LogP contribution in [0, 0.1) is 24.1 Å². The lowest BCUT2D eigenvalue weighted by Crippen LogP contribution is -2.18. The van der Waals surface area contributed by atoms with E-state index in [1.165, 1.54) is 18.2 Å². The van der Waals surface area contributed by atoms with E-state index in [4.69, 9.17) is 5.26 Å². The first-order valence-corrected chi connectivity index (χ1v) is 6.74. The highest BCUT2D eigenvalue weighted by atomic mass is 32.1. The molecule has 2 rings (SSSR count). The highest BCUT2D eigenvalue weighted by Gasteiger charge is 2.09. The average Bonchev–Trinajstić information content (AvgIpc) is 2.75. The van der Waals surface area contributed by atoms with Crippen molar-refractivity contribution in [2.24, 2.45) is 0 Å². The SMILES string of the molecule is Cc1nc(CN(C)Cc2cc(F)ccc2C#N)cs1. The van der Waals surface area contributed by atoms with Gasteiger partial charge in [-0.25, -0.2) is 9.37 Å². The van der Waals surface area contributed by atoms with Gasteiger partial charge in [-0.1, -0.05) is 0 Å². The molecule has 0 aliphatic rings. The van der Waals surface area contributed by atoms with Gasteiger partial charge in [0.1, 0.15) is 5.82 Å². The molecule has 0 atom stereocenters. The van der Waals surface area contributed by atoms with E-state index in [2.05, 4.69) is 11.1 Å². The molecule has 0 radical (unpaired) electrons. The molecular formula is C14H14FN3S. The zero-order chi connectivity index (χ0) is 13.8. The second kappa shape index (κ2) is 5.91. The second-order valence-electron chi connectivity index (χ2n) is 4.44. The molecular weight excluding hydrogens is 261 g/mol. The molecule has 1 aromatic carbocycles. The van der Waals surface area contributed by atoms with Gasteiger partial charge in [0.05, 0.1) is 22.3 Å². The van der Waals surface area contributed by atoms with Crippen molar-refractivity contribution in [2.75, 3.05) is 7.05 Å². The number of nitriles is 1.